The lowest BCUT2D eigenvalue weighted by Gasteiger charge is -2.13. The van der Waals surface area contributed by atoms with Gasteiger partial charge in [-0.25, -0.2) is 5.06 Å². The van der Waals surface area contributed by atoms with Gasteiger partial charge < -0.3 is 0 Å². The van der Waals surface area contributed by atoms with E-state index in [0.717, 1.165) is 12.0 Å². The van der Waals surface area contributed by atoms with E-state index in [1.54, 1.807) is 0 Å². The maximum absolute atomic E-state index is 11.5. The molecule has 6 heteroatoms. The molecule has 104 valence electrons. The third kappa shape index (κ3) is 7.01. The summed E-state index contributed by atoms with van der Waals surface area (Å²) in [5.74, 6) is -0.343. The van der Waals surface area contributed by atoms with Gasteiger partial charge >= 0.3 is 8.03 Å². The van der Waals surface area contributed by atoms with Crippen molar-refractivity contribution in [3.8, 4) is 0 Å². The fraction of sp³-hybridized carbons (Fsp3) is 0.462. The van der Waals surface area contributed by atoms with Gasteiger partial charge in [-0.05, 0) is 23.0 Å². The van der Waals surface area contributed by atoms with Crippen molar-refractivity contribution in [3.05, 3.63) is 35.9 Å². The molecule has 5 nitrogen and oxygen atoms in total. The number of aryl methyl sites for hydroxylation is 1. The number of benzene rings is 1. The molecule has 1 rings (SSSR count). The Labute approximate surface area is 113 Å². The van der Waals surface area contributed by atoms with Crippen LogP contribution in [0.3, 0.4) is 0 Å². The summed E-state index contributed by atoms with van der Waals surface area (Å²) < 4.78 is 10.4. The maximum Gasteiger partial charge on any atom is 0.505 e. The van der Waals surface area contributed by atoms with Crippen molar-refractivity contribution >= 4 is 13.9 Å². The molecule has 0 aliphatic carbocycles. The Hall–Kier alpha value is -1.29. The zero-order chi connectivity index (χ0) is 14.1. The fourth-order valence-electron chi connectivity index (χ4n) is 1.70. The van der Waals surface area contributed by atoms with E-state index in [9.17, 15) is 14.6 Å². The molecule has 0 heterocycles. The first kappa shape index (κ1) is 15.8. The predicted molar refractivity (Wildman–Crippen MR) is 72.2 cm³/mol. The monoisotopic (exact) mass is 284 g/mol. The van der Waals surface area contributed by atoms with Crippen molar-refractivity contribution in [2.45, 2.75) is 25.7 Å². The number of hydrogen-bond donors (Lipinski definition) is 2. The van der Waals surface area contributed by atoms with Crippen LogP contribution in [-0.2, 0) is 15.8 Å². The number of rotatable bonds is 8. The molecule has 2 N–H and O–H groups in total. The van der Waals surface area contributed by atoms with Crippen LogP contribution in [-0.4, -0.2) is 33.8 Å². The van der Waals surface area contributed by atoms with Crippen LogP contribution >= 0.6 is 8.03 Å². The third-order valence-corrected chi connectivity index (χ3v) is 3.40. The molecular weight excluding hydrogens is 265 g/mol. The highest BCUT2D eigenvalue weighted by Crippen LogP contribution is 2.14. The minimum Gasteiger partial charge on any atom is -0.286 e. The van der Waals surface area contributed by atoms with Crippen molar-refractivity contribution in [1.82, 2.24) is 5.06 Å². The normalized spacial score (nSPS) is 11.2. The van der Waals surface area contributed by atoms with E-state index in [1.807, 2.05) is 30.3 Å². The summed E-state index contributed by atoms with van der Waals surface area (Å²) in [5.41, 5.74) is 1.16. The van der Waals surface area contributed by atoms with Crippen LogP contribution in [0.15, 0.2) is 30.3 Å². The highest BCUT2D eigenvalue weighted by Gasteiger charge is 2.14. The van der Waals surface area contributed by atoms with Crippen LogP contribution in [0.25, 0.3) is 0 Å². The second-order valence-corrected chi connectivity index (χ2v) is 5.44. The van der Waals surface area contributed by atoms with Crippen molar-refractivity contribution < 1.29 is 19.5 Å². The van der Waals surface area contributed by atoms with Crippen LogP contribution in [0.2, 0.25) is 0 Å². The highest BCUT2D eigenvalue weighted by atomic mass is 31.1. The molecular formula is C13H19NO4P+. The lowest BCUT2D eigenvalue weighted by atomic mass is 10.1. The van der Waals surface area contributed by atoms with E-state index in [-0.39, 0.29) is 25.0 Å². The molecule has 0 bridgehead atoms. The predicted octanol–water partition coefficient (Wildman–Crippen LogP) is 2.35. The summed E-state index contributed by atoms with van der Waals surface area (Å²) in [6, 6.07) is 9.84. The maximum atomic E-state index is 11.5. The van der Waals surface area contributed by atoms with Gasteiger partial charge in [0.05, 0.1) is 6.54 Å². The highest BCUT2D eigenvalue weighted by molar-refractivity contribution is 7.37. The molecule has 1 amide bonds. The smallest absolute Gasteiger partial charge is 0.286 e. The Morgan fingerprint density at radius 1 is 1.21 bits per heavy atom. The van der Waals surface area contributed by atoms with Gasteiger partial charge in [-0.3, -0.25) is 10.0 Å². The summed E-state index contributed by atoms with van der Waals surface area (Å²) >= 11 is 0. The van der Waals surface area contributed by atoms with Gasteiger partial charge in [0, 0.05) is 12.8 Å². The molecule has 1 aromatic carbocycles. The van der Waals surface area contributed by atoms with E-state index >= 15 is 0 Å². The molecule has 19 heavy (non-hydrogen) atoms. The topological polar surface area (TPSA) is 77.8 Å². The second-order valence-electron chi connectivity index (χ2n) is 4.29. The number of amides is 1. The first-order chi connectivity index (χ1) is 9.09. The summed E-state index contributed by atoms with van der Waals surface area (Å²) in [5, 5.41) is 10.1. The average molecular weight is 284 g/mol. The summed E-state index contributed by atoms with van der Waals surface area (Å²) in [7, 11) is -2.19. The largest absolute Gasteiger partial charge is 0.505 e. The van der Waals surface area contributed by atoms with Crippen LogP contribution in [0, 0.1) is 0 Å². The molecule has 0 saturated carbocycles. The molecule has 1 aromatic rings. The van der Waals surface area contributed by atoms with Crippen LogP contribution in [0.5, 0.6) is 0 Å². The minimum atomic E-state index is -2.19. The number of hydroxylamine groups is 2. The Bertz CT molecular complexity index is 410. The lowest BCUT2D eigenvalue weighted by Crippen LogP contribution is -2.28. The van der Waals surface area contributed by atoms with E-state index in [1.165, 1.54) is 0 Å². The fourth-order valence-corrected chi connectivity index (χ4v) is 2.11. The van der Waals surface area contributed by atoms with E-state index in [4.69, 9.17) is 4.89 Å². The molecule has 0 radical (unpaired) electrons. The van der Waals surface area contributed by atoms with Gasteiger partial charge in [0.15, 0.2) is 6.16 Å². The van der Waals surface area contributed by atoms with Crippen molar-refractivity contribution in [1.29, 1.82) is 0 Å². The van der Waals surface area contributed by atoms with Gasteiger partial charge in [-0.1, -0.05) is 30.3 Å². The Morgan fingerprint density at radius 2 is 1.89 bits per heavy atom. The number of nitrogens with zero attached hydrogens (tertiary/aromatic N) is 1. The van der Waals surface area contributed by atoms with Gasteiger partial charge in [0.25, 0.3) is 0 Å². The van der Waals surface area contributed by atoms with E-state index in [0.29, 0.717) is 17.9 Å². The van der Waals surface area contributed by atoms with Crippen molar-refractivity contribution in [2.75, 3.05) is 12.7 Å². The lowest BCUT2D eigenvalue weighted by molar-refractivity contribution is -0.165. The van der Waals surface area contributed by atoms with Gasteiger partial charge in [-0.15, -0.1) is 0 Å². The quantitative estimate of drug-likeness (QED) is 0.436. The number of hydrogen-bond acceptors (Lipinski definition) is 3. The first-order valence-electron chi connectivity index (χ1n) is 6.26. The number of carbonyl (C=O) groups is 1. The molecule has 1 unspecified atom stereocenters. The average Bonchev–Trinajstić information content (AvgIpc) is 2.39. The van der Waals surface area contributed by atoms with Crippen molar-refractivity contribution in [3.63, 3.8) is 0 Å². The zero-order valence-corrected chi connectivity index (χ0v) is 11.6. The van der Waals surface area contributed by atoms with Crippen LogP contribution in [0.1, 0.15) is 24.8 Å². The van der Waals surface area contributed by atoms with E-state index in [2.05, 4.69) is 0 Å². The van der Waals surface area contributed by atoms with Crippen LogP contribution in [0.4, 0.5) is 0 Å². The minimum absolute atomic E-state index is 0.101. The van der Waals surface area contributed by atoms with Gasteiger partial charge in [-0.2, -0.15) is 4.89 Å². The molecule has 0 aromatic heterocycles. The molecule has 0 saturated heterocycles. The molecule has 0 aliphatic heterocycles. The Morgan fingerprint density at radius 3 is 2.53 bits per heavy atom. The van der Waals surface area contributed by atoms with Crippen molar-refractivity contribution in [2.24, 2.45) is 0 Å². The summed E-state index contributed by atoms with van der Waals surface area (Å²) in [4.78, 5) is 20.1. The molecule has 0 fully saturated rings. The summed E-state index contributed by atoms with van der Waals surface area (Å²) in [6.45, 7) is 0.103. The second kappa shape index (κ2) is 8.75. The molecule has 0 spiro atoms. The summed E-state index contributed by atoms with van der Waals surface area (Å²) in [6.07, 6.45) is 2.17. The van der Waals surface area contributed by atoms with Gasteiger partial charge in [0.2, 0.25) is 5.91 Å². The Kier molecular flexibility index (Phi) is 7.26. The molecule has 0 aliphatic rings. The third-order valence-electron chi connectivity index (χ3n) is 2.71. The SMILES string of the molecule is O=C(CCCc1ccccc1)N(O)CCC[P+](=O)O. The molecule has 1 atom stereocenters. The number of carbonyl (C=O) groups excluding carboxylic acids is 1. The standard InChI is InChI=1S/C13H18NO4P/c15-13(14(16)10-5-11-19(17)18)9-4-8-12-6-2-1-3-7-12/h1-3,6-7,16H,4-5,8-11H2/p+1. The first-order valence-corrected chi connectivity index (χ1v) is 7.66. The van der Waals surface area contributed by atoms with E-state index < -0.39 is 8.03 Å². The van der Waals surface area contributed by atoms with Crippen LogP contribution < -0.4 is 0 Å². The Balaban J connectivity index is 2.18. The van der Waals surface area contributed by atoms with Gasteiger partial charge in [0.1, 0.15) is 0 Å². The zero-order valence-electron chi connectivity index (χ0n) is 10.7.